The monoisotopic (exact) mass is 401 g/mol. The first kappa shape index (κ1) is 20.2. The van der Waals surface area contributed by atoms with Gasteiger partial charge in [0, 0.05) is 6.42 Å². The zero-order valence-electron chi connectivity index (χ0n) is 16.3. The van der Waals surface area contributed by atoms with Crippen LogP contribution in [-0.4, -0.2) is 43.0 Å². The minimum absolute atomic E-state index is 0.103. The third-order valence-electron chi connectivity index (χ3n) is 4.60. The largest absolute Gasteiger partial charge is 0.493 e. The van der Waals surface area contributed by atoms with E-state index < -0.39 is 12.1 Å². The van der Waals surface area contributed by atoms with Gasteiger partial charge in [0.2, 0.25) is 5.91 Å². The highest BCUT2D eigenvalue weighted by Crippen LogP contribution is 2.28. The number of benzene rings is 1. The fourth-order valence-electron chi connectivity index (χ4n) is 3.05. The van der Waals surface area contributed by atoms with Crippen molar-refractivity contribution in [1.82, 2.24) is 15.5 Å². The van der Waals surface area contributed by atoms with E-state index in [1.54, 1.807) is 30.3 Å². The van der Waals surface area contributed by atoms with Crippen LogP contribution in [0.15, 0.2) is 41.0 Å². The topological polar surface area (TPSA) is 110 Å². The summed E-state index contributed by atoms with van der Waals surface area (Å²) < 4.78 is 15.6. The molecule has 9 heteroatoms. The Balaban J connectivity index is 1.53. The predicted octanol–water partition coefficient (Wildman–Crippen LogP) is 1.81. The van der Waals surface area contributed by atoms with Crippen molar-refractivity contribution in [3.8, 4) is 11.5 Å². The molecule has 0 radical (unpaired) electrons. The average molecular weight is 401 g/mol. The van der Waals surface area contributed by atoms with E-state index in [-0.39, 0.29) is 37.7 Å². The predicted molar refractivity (Wildman–Crippen MR) is 102 cm³/mol. The van der Waals surface area contributed by atoms with E-state index in [1.165, 1.54) is 20.5 Å². The molecular formula is C20H23N3O6. The maximum Gasteiger partial charge on any atom is 0.325 e. The van der Waals surface area contributed by atoms with Crippen LogP contribution in [0.1, 0.15) is 24.2 Å². The van der Waals surface area contributed by atoms with Crippen LogP contribution in [0.4, 0.5) is 4.79 Å². The average Bonchev–Trinajstić information content (AvgIpc) is 3.34. The zero-order valence-corrected chi connectivity index (χ0v) is 16.3. The number of urea groups is 1. The molecule has 9 nitrogen and oxygen atoms in total. The molecule has 1 saturated heterocycles. The molecule has 1 atom stereocenters. The van der Waals surface area contributed by atoms with E-state index >= 15 is 0 Å². The number of methoxy groups -OCH3 is 2. The van der Waals surface area contributed by atoms with Crippen LogP contribution >= 0.6 is 0 Å². The van der Waals surface area contributed by atoms with Crippen LogP contribution < -0.4 is 20.1 Å². The second kappa shape index (κ2) is 9.13. The summed E-state index contributed by atoms with van der Waals surface area (Å²) in [7, 11) is 3.05. The molecule has 0 unspecified atom stereocenters. The van der Waals surface area contributed by atoms with Crippen LogP contribution in [0.25, 0.3) is 0 Å². The van der Waals surface area contributed by atoms with Crippen molar-refractivity contribution in [2.24, 2.45) is 0 Å². The third-order valence-corrected chi connectivity index (χ3v) is 4.60. The molecule has 2 N–H and O–H groups in total. The highest BCUT2D eigenvalue weighted by atomic mass is 16.5. The van der Waals surface area contributed by atoms with Gasteiger partial charge >= 0.3 is 6.03 Å². The van der Waals surface area contributed by atoms with Crippen LogP contribution in [0.5, 0.6) is 11.5 Å². The second-order valence-electron chi connectivity index (χ2n) is 6.51. The molecule has 0 spiro atoms. The number of carbonyl (C=O) groups is 3. The molecule has 2 aromatic rings. The first-order chi connectivity index (χ1) is 14.0. The lowest BCUT2D eigenvalue weighted by molar-refractivity contribution is -0.128. The molecule has 1 aliphatic rings. The second-order valence-corrected chi connectivity index (χ2v) is 6.51. The number of hydrogen-bond acceptors (Lipinski definition) is 6. The van der Waals surface area contributed by atoms with Gasteiger partial charge in [0.1, 0.15) is 11.8 Å². The Bertz CT molecular complexity index is 880. The summed E-state index contributed by atoms with van der Waals surface area (Å²) in [5, 5.41) is 5.35. The lowest BCUT2D eigenvalue weighted by atomic mass is 10.1. The van der Waals surface area contributed by atoms with Gasteiger partial charge in [0.05, 0.1) is 33.6 Å². The van der Waals surface area contributed by atoms with Crippen molar-refractivity contribution in [2.45, 2.75) is 32.0 Å². The SMILES string of the molecule is COc1ccc(CN2C(=O)N[C@H](CCC(=O)NCc3ccco3)C2=O)cc1OC. The van der Waals surface area contributed by atoms with Crippen molar-refractivity contribution in [2.75, 3.05) is 14.2 Å². The summed E-state index contributed by atoms with van der Waals surface area (Å²) in [4.78, 5) is 37.9. The van der Waals surface area contributed by atoms with Crippen LogP contribution in [0.3, 0.4) is 0 Å². The summed E-state index contributed by atoms with van der Waals surface area (Å²) in [5.41, 5.74) is 0.725. The number of furan rings is 1. The molecule has 1 fully saturated rings. The van der Waals surface area contributed by atoms with E-state index in [2.05, 4.69) is 10.6 Å². The Hall–Kier alpha value is -3.49. The standard InChI is InChI=1S/C20H23N3O6/c1-27-16-7-5-13(10-17(16)28-2)12-23-19(25)15(22-20(23)26)6-8-18(24)21-11-14-4-3-9-29-14/h3-5,7,9-10,15H,6,8,11-12H2,1-2H3,(H,21,24)(H,22,26)/t15-/m1/s1. The normalized spacial score (nSPS) is 15.9. The molecule has 1 aromatic carbocycles. The van der Waals surface area contributed by atoms with Crippen molar-refractivity contribution in [1.29, 1.82) is 0 Å². The van der Waals surface area contributed by atoms with Gasteiger partial charge in [0.25, 0.3) is 5.91 Å². The Morgan fingerprint density at radius 1 is 1.21 bits per heavy atom. The molecule has 4 amide bonds. The van der Waals surface area contributed by atoms with Crippen LogP contribution in [-0.2, 0) is 22.7 Å². The van der Waals surface area contributed by atoms with Crippen molar-refractivity contribution in [3.63, 3.8) is 0 Å². The highest BCUT2D eigenvalue weighted by Gasteiger charge is 2.37. The first-order valence-corrected chi connectivity index (χ1v) is 9.13. The van der Waals surface area contributed by atoms with Gasteiger partial charge in [0.15, 0.2) is 11.5 Å². The van der Waals surface area contributed by atoms with Gasteiger partial charge in [-0.1, -0.05) is 6.07 Å². The van der Waals surface area contributed by atoms with Gasteiger partial charge in [-0.15, -0.1) is 0 Å². The van der Waals surface area contributed by atoms with Gasteiger partial charge in [-0.3, -0.25) is 14.5 Å². The number of nitrogens with zero attached hydrogens (tertiary/aromatic N) is 1. The maximum atomic E-state index is 12.6. The van der Waals surface area contributed by atoms with Crippen molar-refractivity contribution >= 4 is 17.8 Å². The van der Waals surface area contributed by atoms with E-state index in [0.29, 0.717) is 17.3 Å². The summed E-state index contributed by atoms with van der Waals surface area (Å²) in [6, 6.07) is 7.48. The van der Waals surface area contributed by atoms with Crippen LogP contribution in [0, 0.1) is 0 Å². The molecule has 29 heavy (non-hydrogen) atoms. The Morgan fingerprint density at radius 2 is 2.00 bits per heavy atom. The minimum atomic E-state index is -0.725. The van der Waals surface area contributed by atoms with Crippen molar-refractivity contribution < 1.29 is 28.3 Å². The molecule has 154 valence electrons. The van der Waals surface area contributed by atoms with E-state index in [9.17, 15) is 14.4 Å². The summed E-state index contributed by atoms with van der Waals surface area (Å²) in [5.74, 6) is 1.14. The fourth-order valence-corrected chi connectivity index (χ4v) is 3.05. The smallest absolute Gasteiger partial charge is 0.325 e. The molecular weight excluding hydrogens is 378 g/mol. The zero-order chi connectivity index (χ0) is 20.8. The van der Waals surface area contributed by atoms with Crippen LogP contribution in [0.2, 0.25) is 0 Å². The maximum absolute atomic E-state index is 12.6. The van der Waals surface area contributed by atoms with Gasteiger partial charge in [-0.2, -0.15) is 0 Å². The van der Waals surface area contributed by atoms with E-state index in [0.717, 1.165) is 10.5 Å². The van der Waals surface area contributed by atoms with Gasteiger partial charge in [-0.25, -0.2) is 4.79 Å². The quantitative estimate of drug-likeness (QED) is 0.620. The first-order valence-electron chi connectivity index (χ1n) is 9.13. The number of ether oxygens (including phenoxy) is 2. The summed E-state index contributed by atoms with van der Waals surface area (Å²) in [6.45, 7) is 0.383. The number of rotatable bonds is 9. The lowest BCUT2D eigenvalue weighted by Gasteiger charge is -2.15. The Labute approximate surface area is 167 Å². The highest BCUT2D eigenvalue weighted by molar-refractivity contribution is 6.04. The number of imide groups is 1. The minimum Gasteiger partial charge on any atom is -0.493 e. The number of nitrogens with one attached hydrogen (secondary N) is 2. The van der Waals surface area contributed by atoms with Crippen molar-refractivity contribution in [3.05, 3.63) is 47.9 Å². The molecule has 1 aromatic heterocycles. The molecule has 2 heterocycles. The molecule has 1 aliphatic heterocycles. The van der Waals surface area contributed by atoms with Gasteiger partial charge < -0.3 is 24.5 Å². The van der Waals surface area contributed by atoms with E-state index in [4.69, 9.17) is 13.9 Å². The molecule has 0 saturated carbocycles. The lowest BCUT2D eigenvalue weighted by Crippen LogP contribution is -2.32. The third kappa shape index (κ3) is 4.87. The molecule has 0 bridgehead atoms. The summed E-state index contributed by atoms with van der Waals surface area (Å²) in [6.07, 6.45) is 1.86. The Morgan fingerprint density at radius 3 is 2.69 bits per heavy atom. The molecule has 3 rings (SSSR count). The number of amides is 4. The van der Waals surface area contributed by atoms with Gasteiger partial charge in [-0.05, 0) is 36.2 Å². The Kier molecular flexibility index (Phi) is 6.38. The number of carbonyl (C=O) groups excluding carboxylic acids is 3. The van der Waals surface area contributed by atoms with E-state index in [1.807, 2.05) is 0 Å². The molecule has 0 aliphatic carbocycles. The summed E-state index contributed by atoms with van der Waals surface area (Å²) >= 11 is 0. The fraction of sp³-hybridized carbons (Fsp3) is 0.350. The number of hydrogen-bond donors (Lipinski definition) is 2.